The van der Waals surface area contributed by atoms with E-state index in [1.54, 1.807) is 24.0 Å². The number of aromatic nitrogens is 3. The van der Waals surface area contributed by atoms with Crippen LogP contribution in [0.4, 0.5) is 10.2 Å². The number of hydrogen-bond donors (Lipinski definition) is 1. The van der Waals surface area contributed by atoms with Crippen LogP contribution in [0.5, 0.6) is 0 Å². The third-order valence-corrected chi connectivity index (χ3v) is 3.51. The first-order chi connectivity index (χ1) is 10.1. The molecule has 106 valence electrons. The predicted molar refractivity (Wildman–Crippen MR) is 81.3 cm³/mol. The number of halogens is 2. The van der Waals surface area contributed by atoms with Crippen LogP contribution in [0.1, 0.15) is 0 Å². The molecule has 0 radical (unpaired) electrons. The molecule has 0 aliphatic rings. The summed E-state index contributed by atoms with van der Waals surface area (Å²) in [5.74, 6) is 0.0798. The molecule has 2 aromatic heterocycles. The lowest BCUT2D eigenvalue weighted by Gasteiger charge is -2.05. The maximum atomic E-state index is 13.2. The van der Waals surface area contributed by atoms with Crippen molar-refractivity contribution in [2.24, 2.45) is 7.05 Å². The molecular weight excluding hydrogens is 291 g/mol. The second kappa shape index (κ2) is 5.18. The summed E-state index contributed by atoms with van der Waals surface area (Å²) < 4.78 is 14.8. The van der Waals surface area contributed by atoms with Crippen LogP contribution in [0.2, 0.25) is 5.02 Å². The van der Waals surface area contributed by atoms with E-state index in [1.165, 1.54) is 12.1 Å². The summed E-state index contributed by atoms with van der Waals surface area (Å²) in [7, 11) is 1.74. The van der Waals surface area contributed by atoms with Crippen molar-refractivity contribution in [1.82, 2.24) is 14.8 Å². The molecule has 6 heteroatoms. The first kappa shape index (κ1) is 13.6. The van der Waals surface area contributed by atoms with E-state index in [0.29, 0.717) is 28.3 Å². The van der Waals surface area contributed by atoms with E-state index in [9.17, 15) is 4.39 Å². The van der Waals surface area contributed by atoms with Gasteiger partial charge in [-0.05, 0) is 30.3 Å². The zero-order valence-corrected chi connectivity index (χ0v) is 12.0. The highest BCUT2D eigenvalue weighted by molar-refractivity contribution is 6.33. The van der Waals surface area contributed by atoms with Crippen LogP contribution in [0.25, 0.3) is 22.5 Å². The highest BCUT2D eigenvalue weighted by atomic mass is 35.5. The molecule has 2 N–H and O–H groups in total. The smallest absolute Gasteiger partial charge is 0.131 e. The Morgan fingerprint density at radius 1 is 1.24 bits per heavy atom. The average molecular weight is 303 g/mol. The maximum absolute atomic E-state index is 13.2. The predicted octanol–water partition coefficient (Wildman–Crippen LogP) is 3.52. The molecular formula is C15H12ClFN4. The zero-order chi connectivity index (χ0) is 15.0. The van der Waals surface area contributed by atoms with Gasteiger partial charge in [-0.15, -0.1) is 0 Å². The number of pyridine rings is 1. The van der Waals surface area contributed by atoms with Crippen molar-refractivity contribution >= 4 is 17.4 Å². The van der Waals surface area contributed by atoms with Gasteiger partial charge in [-0.25, -0.2) is 4.39 Å². The van der Waals surface area contributed by atoms with E-state index in [4.69, 9.17) is 17.3 Å². The summed E-state index contributed by atoms with van der Waals surface area (Å²) in [4.78, 5) is 4.31. The van der Waals surface area contributed by atoms with Crippen molar-refractivity contribution in [3.63, 3.8) is 0 Å². The second-order valence-corrected chi connectivity index (χ2v) is 4.98. The molecule has 0 amide bonds. The minimum atomic E-state index is -0.396. The number of nitrogen functional groups attached to an aromatic ring is 1. The average Bonchev–Trinajstić information content (AvgIpc) is 2.75. The summed E-state index contributed by atoms with van der Waals surface area (Å²) in [6, 6.07) is 9.71. The number of nitrogens with zero attached hydrogens (tertiary/aromatic N) is 3. The van der Waals surface area contributed by atoms with Gasteiger partial charge in [0.15, 0.2) is 0 Å². The fourth-order valence-corrected chi connectivity index (χ4v) is 2.43. The molecule has 2 heterocycles. The van der Waals surface area contributed by atoms with Gasteiger partial charge in [-0.3, -0.25) is 9.67 Å². The van der Waals surface area contributed by atoms with Gasteiger partial charge in [0.1, 0.15) is 17.3 Å². The Morgan fingerprint density at radius 3 is 2.71 bits per heavy atom. The Kier molecular flexibility index (Phi) is 3.35. The molecule has 0 aliphatic carbocycles. The van der Waals surface area contributed by atoms with Crippen molar-refractivity contribution < 1.29 is 4.39 Å². The molecule has 3 aromatic rings. The van der Waals surface area contributed by atoms with Gasteiger partial charge in [0, 0.05) is 18.8 Å². The highest BCUT2D eigenvalue weighted by Gasteiger charge is 2.20. The molecule has 3 rings (SSSR count). The van der Waals surface area contributed by atoms with Gasteiger partial charge in [0.05, 0.1) is 16.3 Å². The van der Waals surface area contributed by atoms with Crippen LogP contribution in [-0.2, 0) is 7.05 Å². The van der Waals surface area contributed by atoms with Crippen LogP contribution >= 0.6 is 11.6 Å². The van der Waals surface area contributed by atoms with Gasteiger partial charge in [0.2, 0.25) is 0 Å². The number of nitrogens with two attached hydrogens (primary N) is 1. The first-order valence-corrected chi connectivity index (χ1v) is 6.65. The lowest BCUT2D eigenvalue weighted by Crippen LogP contribution is -1.98. The zero-order valence-electron chi connectivity index (χ0n) is 11.2. The van der Waals surface area contributed by atoms with E-state index in [2.05, 4.69) is 10.1 Å². The van der Waals surface area contributed by atoms with Crippen LogP contribution in [0.3, 0.4) is 0 Å². The Hall–Kier alpha value is -2.40. The van der Waals surface area contributed by atoms with E-state index in [-0.39, 0.29) is 5.02 Å². The van der Waals surface area contributed by atoms with Crippen LogP contribution in [-0.4, -0.2) is 14.8 Å². The first-order valence-electron chi connectivity index (χ1n) is 6.27. The van der Waals surface area contributed by atoms with Crippen molar-refractivity contribution in [2.45, 2.75) is 0 Å². The third kappa shape index (κ3) is 2.36. The summed E-state index contributed by atoms with van der Waals surface area (Å²) in [6.07, 6.45) is 1.68. The van der Waals surface area contributed by atoms with Gasteiger partial charge in [-0.1, -0.05) is 17.7 Å². The van der Waals surface area contributed by atoms with Crippen molar-refractivity contribution in [1.29, 1.82) is 0 Å². The lowest BCUT2D eigenvalue weighted by molar-refractivity contribution is 0.628. The molecule has 0 spiro atoms. The number of anilines is 1. The fraction of sp³-hybridized carbons (Fsp3) is 0.0667. The molecule has 0 fully saturated rings. The quantitative estimate of drug-likeness (QED) is 0.788. The molecule has 0 atom stereocenters. The van der Waals surface area contributed by atoms with Gasteiger partial charge < -0.3 is 5.73 Å². The minimum Gasteiger partial charge on any atom is -0.383 e. The summed E-state index contributed by atoms with van der Waals surface area (Å²) >= 11 is 6.13. The van der Waals surface area contributed by atoms with Crippen LogP contribution < -0.4 is 5.73 Å². The van der Waals surface area contributed by atoms with Crippen molar-refractivity contribution in [3.8, 4) is 22.5 Å². The van der Waals surface area contributed by atoms with Crippen LogP contribution in [0.15, 0.2) is 42.6 Å². The molecule has 21 heavy (non-hydrogen) atoms. The fourth-order valence-electron chi connectivity index (χ4n) is 2.17. The van der Waals surface area contributed by atoms with E-state index in [0.717, 1.165) is 0 Å². The number of rotatable bonds is 2. The number of aryl methyl sites for hydroxylation is 1. The highest BCUT2D eigenvalue weighted by Crippen LogP contribution is 2.37. The third-order valence-electron chi connectivity index (χ3n) is 3.20. The normalized spacial score (nSPS) is 10.8. The standard InChI is InChI=1S/C15H12ClFN4/c1-21-15(18)13(12-4-2-3-7-19-12)14(20-21)10-6-5-9(17)8-11(10)16/h2-8H,18H2,1H3. The monoisotopic (exact) mass is 302 g/mol. The molecule has 0 aliphatic heterocycles. The van der Waals surface area contributed by atoms with Gasteiger partial charge in [0.25, 0.3) is 0 Å². The van der Waals surface area contributed by atoms with Crippen molar-refractivity contribution in [2.75, 3.05) is 5.73 Å². The molecule has 0 saturated carbocycles. The SMILES string of the molecule is Cn1nc(-c2ccc(F)cc2Cl)c(-c2ccccn2)c1N. The maximum Gasteiger partial charge on any atom is 0.131 e. The molecule has 0 bridgehead atoms. The molecule has 0 unspecified atom stereocenters. The topological polar surface area (TPSA) is 56.7 Å². The lowest BCUT2D eigenvalue weighted by atomic mass is 10.0. The van der Waals surface area contributed by atoms with E-state index >= 15 is 0 Å². The summed E-state index contributed by atoms with van der Waals surface area (Å²) in [6.45, 7) is 0. The Balaban J connectivity index is 2.27. The summed E-state index contributed by atoms with van der Waals surface area (Å²) in [5, 5.41) is 4.67. The molecule has 0 saturated heterocycles. The second-order valence-electron chi connectivity index (χ2n) is 4.57. The summed E-state index contributed by atoms with van der Waals surface area (Å²) in [5.41, 5.74) is 8.67. The van der Waals surface area contributed by atoms with Gasteiger partial charge >= 0.3 is 0 Å². The minimum absolute atomic E-state index is 0.283. The number of hydrogen-bond acceptors (Lipinski definition) is 3. The van der Waals surface area contributed by atoms with Crippen LogP contribution in [0, 0.1) is 5.82 Å². The molecule has 1 aromatic carbocycles. The van der Waals surface area contributed by atoms with E-state index < -0.39 is 5.82 Å². The number of benzene rings is 1. The van der Waals surface area contributed by atoms with E-state index in [1.807, 2.05) is 18.2 Å². The Labute approximate surface area is 126 Å². The largest absolute Gasteiger partial charge is 0.383 e. The Morgan fingerprint density at radius 2 is 2.05 bits per heavy atom. The van der Waals surface area contributed by atoms with Gasteiger partial charge in [-0.2, -0.15) is 5.10 Å². The van der Waals surface area contributed by atoms with Crippen molar-refractivity contribution in [3.05, 3.63) is 53.4 Å². The Bertz CT molecular complexity index is 799. The molecule has 4 nitrogen and oxygen atoms in total.